The number of carbonyl (C=O) groups excluding carboxylic acids is 1. The molecule has 1 amide bonds. The van der Waals surface area contributed by atoms with Crippen molar-refractivity contribution in [2.75, 3.05) is 13.7 Å². The lowest BCUT2D eigenvalue weighted by Gasteiger charge is -2.06. The van der Waals surface area contributed by atoms with E-state index in [2.05, 4.69) is 5.32 Å². The van der Waals surface area contributed by atoms with E-state index in [1.807, 2.05) is 24.3 Å². The van der Waals surface area contributed by atoms with Gasteiger partial charge in [-0.3, -0.25) is 4.79 Å². The lowest BCUT2D eigenvalue weighted by Crippen LogP contribution is -2.18. The number of nitrogens with one attached hydrogen (secondary N) is 1. The molecule has 0 aliphatic carbocycles. The number of carbonyl (C=O) groups is 1. The van der Waals surface area contributed by atoms with Crippen molar-refractivity contribution in [3.8, 4) is 5.75 Å². The topological polar surface area (TPSA) is 64.3 Å². The van der Waals surface area contributed by atoms with Crippen LogP contribution in [0.1, 0.15) is 18.4 Å². The summed E-state index contributed by atoms with van der Waals surface area (Å²) in [4.78, 5) is 11.3. The fourth-order valence-electron chi connectivity index (χ4n) is 1.26. The standard InChI is InChI=1S/C12H16N2O2S/c1-14-11(15)3-2-8-16-10-6-4-9(5-7-10)12(13)17/h4-7H,2-3,8H2,1H3,(H2,13,17)(H,14,15). The van der Waals surface area contributed by atoms with Crippen LogP contribution in [0, 0.1) is 0 Å². The Kier molecular flexibility index (Phi) is 5.42. The molecule has 17 heavy (non-hydrogen) atoms. The minimum atomic E-state index is 0.0254. The van der Waals surface area contributed by atoms with Crippen LogP contribution in [0.25, 0.3) is 0 Å². The molecule has 0 spiro atoms. The summed E-state index contributed by atoms with van der Waals surface area (Å²) in [5.41, 5.74) is 6.30. The number of benzene rings is 1. The van der Waals surface area contributed by atoms with Gasteiger partial charge in [-0.15, -0.1) is 0 Å². The molecule has 0 saturated carbocycles. The van der Waals surface area contributed by atoms with Gasteiger partial charge in [-0.05, 0) is 30.7 Å². The van der Waals surface area contributed by atoms with Gasteiger partial charge >= 0.3 is 0 Å². The first-order valence-corrected chi connectivity index (χ1v) is 5.77. The zero-order valence-electron chi connectivity index (χ0n) is 9.73. The predicted molar refractivity (Wildman–Crippen MR) is 71.1 cm³/mol. The van der Waals surface area contributed by atoms with Crippen LogP contribution < -0.4 is 15.8 Å². The second kappa shape index (κ2) is 6.85. The average Bonchev–Trinajstić information content (AvgIpc) is 2.34. The molecule has 92 valence electrons. The van der Waals surface area contributed by atoms with E-state index in [0.29, 0.717) is 24.4 Å². The van der Waals surface area contributed by atoms with E-state index in [-0.39, 0.29) is 5.91 Å². The zero-order chi connectivity index (χ0) is 12.7. The van der Waals surface area contributed by atoms with Crippen molar-refractivity contribution in [2.24, 2.45) is 5.73 Å². The Morgan fingerprint density at radius 3 is 2.59 bits per heavy atom. The van der Waals surface area contributed by atoms with Crippen molar-refractivity contribution in [3.05, 3.63) is 29.8 Å². The number of nitrogens with two attached hydrogens (primary N) is 1. The van der Waals surface area contributed by atoms with Crippen LogP contribution in [0.2, 0.25) is 0 Å². The van der Waals surface area contributed by atoms with Crippen molar-refractivity contribution in [1.82, 2.24) is 5.32 Å². The maximum Gasteiger partial charge on any atom is 0.219 e. The predicted octanol–water partition coefficient (Wildman–Crippen LogP) is 1.23. The zero-order valence-corrected chi connectivity index (χ0v) is 10.5. The van der Waals surface area contributed by atoms with Crippen LogP contribution in [-0.4, -0.2) is 24.6 Å². The Morgan fingerprint density at radius 1 is 1.41 bits per heavy atom. The Hall–Kier alpha value is -1.62. The molecule has 0 unspecified atom stereocenters. The minimum absolute atomic E-state index is 0.0254. The van der Waals surface area contributed by atoms with Crippen molar-refractivity contribution in [2.45, 2.75) is 12.8 Å². The van der Waals surface area contributed by atoms with Gasteiger partial charge in [0.2, 0.25) is 5.91 Å². The van der Waals surface area contributed by atoms with Crippen LogP contribution >= 0.6 is 12.2 Å². The van der Waals surface area contributed by atoms with E-state index in [1.54, 1.807) is 7.05 Å². The Morgan fingerprint density at radius 2 is 2.06 bits per heavy atom. The fourth-order valence-corrected chi connectivity index (χ4v) is 1.40. The molecule has 1 rings (SSSR count). The molecule has 0 aliphatic heterocycles. The third-order valence-electron chi connectivity index (χ3n) is 2.23. The number of rotatable bonds is 6. The van der Waals surface area contributed by atoms with Gasteiger partial charge in [0.25, 0.3) is 0 Å². The number of hydrogen-bond donors (Lipinski definition) is 2. The molecule has 0 heterocycles. The number of amides is 1. The average molecular weight is 252 g/mol. The third kappa shape index (κ3) is 4.82. The summed E-state index contributed by atoms with van der Waals surface area (Å²) in [6.07, 6.45) is 1.16. The maximum atomic E-state index is 10.9. The van der Waals surface area contributed by atoms with E-state index < -0.39 is 0 Å². The highest BCUT2D eigenvalue weighted by atomic mass is 32.1. The molecule has 5 heteroatoms. The first-order valence-electron chi connectivity index (χ1n) is 5.36. The highest BCUT2D eigenvalue weighted by Crippen LogP contribution is 2.12. The van der Waals surface area contributed by atoms with Crippen molar-refractivity contribution >= 4 is 23.1 Å². The van der Waals surface area contributed by atoms with Crippen molar-refractivity contribution in [1.29, 1.82) is 0 Å². The van der Waals surface area contributed by atoms with E-state index in [1.165, 1.54) is 0 Å². The van der Waals surface area contributed by atoms with Gasteiger partial charge in [0, 0.05) is 19.0 Å². The smallest absolute Gasteiger partial charge is 0.219 e. The lowest BCUT2D eigenvalue weighted by molar-refractivity contribution is -0.120. The molecule has 0 aliphatic rings. The summed E-state index contributed by atoms with van der Waals surface area (Å²) in [6, 6.07) is 7.26. The Labute approximate surface area is 106 Å². The molecular weight excluding hydrogens is 236 g/mol. The first-order chi connectivity index (χ1) is 8.13. The van der Waals surface area contributed by atoms with Gasteiger partial charge in [-0.2, -0.15) is 0 Å². The Bertz CT molecular complexity index is 390. The first kappa shape index (κ1) is 13.4. The summed E-state index contributed by atoms with van der Waals surface area (Å²) < 4.78 is 5.47. The van der Waals surface area contributed by atoms with Crippen LogP contribution in [0.5, 0.6) is 5.75 Å². The molecule has 1 aromatic rings. The molecular formula is C12H16N2O2S. The second-order valence-electron chi connectivity index (χ2n) is 3.51. The molecule has 0 radical (unpaired) electrons. The SMILES string of the molecule is CNC(=O)CCCOc1ccc(C(N)=S)cc1. The summed E-state index contributed by atoms with van der Waals surface area (Å²) in [7, 11) is 1.62. The summed E-state index contributed by atoms with van der Waals surface area (Å²) in [5.74, 6) is 0.777. The summed E-state index contributed by atoms with van der Waals surface area (Å²) in [6.45, 7) is 0.514. The molecule has 0 atom stereocenters. The van der Waals surface area contributed by atoms with E-state index in [9.17, 15) is 4.79 Å². The summed E-state index contributed by atoms with van der Waals surface area (Å²) >= 11 is 4.85. The number of thiocarbonyl (C=S) groups is 1. The number of hydrogen-bond acceptors (Lipinski definition) is 3. The maximum absolute atomic E-state index is 10.9. The Balaban J connectivity index is 2.32. The van der Waals surface area contributed by atoms with Crippen LogP contribution in [0.3, 0.4) is 0 Å². The molecule has 4 nitrogen and oxygen atoms in total. The highest BCUT2D eigenvalue weighted by Gasteiger charge is 1.99. The molecule has 1 aromatic carbocycles. The van der Waals surface area contributed by atoms with Gasteiger partial charge in [-0.25, -0.2) is 0 Å². The van der Waals surface area contributed by atoms with Crippen molar-refractivity contribution in [3.63, 3.8) is 0 Å². The number of ether oxygens (including phenoxy) is 1. The van der Waals surface area contributed by atoms with E-state index in [4.69, 9.17) is 22.7 Å². The van der Waals surface area contributed by atoms with Gasteiger partial charge < -0.3 is 15.8 Å². The van der Waals surface area contributed by atoms with Gasteiger partial charge in [0.1, 0.15) is 10.7 Å². The normalized spacial score (nSPS) is 9.71. The molecule has 0 bridgehead atoms. The van der Waals surface area contributed by atoms with Gasteiger partial charge in [-0.1, -0.05) is 12.2 Å². The minimum Gasteiger partial charge on any atom is -0.494 e. The third-order valence-corrected chi connectivity index (χ3v) is 2.47. The van der Waals surface area contributed by atoms with Crippen molar-refractivity contribution < 1.29 is 9.53 Å². The molecule has 0 saturated heterocycles. The molecule has 3 N–H and O–H groups in total. The van der Waals surface area contributed by atoms with Gasteiger partial charge in [0.05, 0.1) is 6.61 Å². The van der Waals surface area contributed by atoms with Gasteiger partial charge in [0.15, 0.2) is 0 Å². The fraction of sp³-hybridized carbons (Fsp3) is 0.333. The highest BCUT2D eigenvalue weighted by molar-refractivity contribution is 7.80. The van der Waals surface area contributed by atoms with E-state index in [0.717, 1.165) is 11.3 Å². The van der Waals surface area contributed by atoms with E-state index >= 15 is 0 Å². The molecule has 0 fully saturated rings. The van der Waals surface area contributed by atoms with Crippen LogP contribution in [-0.2, 0) is 4.79 Å². The monoisotopic (exact) mass is 252 g/mol. The van der Waals surface area contributed by atoms with Crippen LogP contribution in [0.4, 0.5) is 0 Å². The lowest BCUT2D eigenvalue weighted by atomic mass is 10.2. The second-order valence-corrected chi connectivity index (χ2v) is 3.95. The van der Waals surface area contributed by atoms with Crippen LogP contribution in [0.15, 0.2) is 24.3 Å². The summed E-state index contributed by atoms with van der Waals surface area (Å²) in [5, 5.41) is 2.56. The largest absolute Gasteiger partial charge is 0.494 e. The molecule has 0 aromatic heterocycles. The quantitative estimate of drug-likeness (QED) is 0.590.